The van der Waals surface area contributed by atoms with E-state index >= 15 is 0 Å². The number of nitrogens with zero attached hydrogens (tertiary/aromatic N) is 3. The number of carbonyl (C=O) groups is 1. The van der Waals surface area contributed by atoms with Crippen LogP contribution in [-0.2, 0) is 4.74 Å². The lowest BCUT2D eigenvalue weighted by Crippen LogP contribution is -2.57. The normalized spacial score (nSPS) is 19.6. The molecule has 2 aromatic carbocycles. The third-order valence-electron chi connectivity index (χ3n) is 7.03. The predicted molar refractivity (Wildman–Crippen MR) is 137 cm³/mol. The number of halogens is 2. The molecule has 2 atom stereocenters. The molecule has 4 heterocycles. The third kappa shape index (κ3) is 4.52. The minimum atomic E-state index is -0.652. The van der Waals surface area contributed by atoms with Crippen molar-refractivity contribution in [3.8, 4) is 22.4 Å². The molecule has 9 heteroatoms. The van der Waals surface area contributed by atoms with Gasteiger partial charge in [0.2, 0.25) is 0 Å². The predicted octanol–water partition coefficient (Wildman–Crippen LogP) is 3.91. The fraction of sp³-hybridized carbons (Fsp3) is 0.250. The monoisotopic (exact) mass is 501 g/mol. The molecule has 2 aliphatic rings. The number of rotatable bonds is 4. The molecule has 0 radical (unpaired) electrons. The highest BCUT2D eigenvalue weighted by Crippen LogP contribution is 2.40. The van der Waals surface area contributed by atoms with Crippen molar-refractivity contribution in [2.24, 2.45) is 5.73 Å². The maximum absolute atomic E-state index is 14.3. The van der Waals surface area contributed by atoms with E-state index in [9.17, 15) is 13.6 Å². The van der Waals surface area contributed by atoms with Crippen molar-refractivity contribution in [1.29, 1.82) is 0 Å². The smallest absolute Gasteiger partial charge is 0.267 e. The molecule has 6 rings (SSSR count). The summed E-state index contributed by atoms with van der Waals surface area (Å²) in [5.74, 6) is -1.91. The molecule has 2 fully saturated rings. The first kappa shape index (κ1) is 23.4. The molecule has 0 unspecified atom stereocenters. The number of amides is 1. The molecule has 2 aromatic heterocycles. The number of anilines is 1. The van der Waals surface area contributed by atoms with Gasteiger partial charge >= 0.3 is 0 Å². The molecule has 0 bridgehead atoms. The quantitative estimate of drug-likeness (QED) is 0.441. The Labute approximate surface area is 212 Å². The number of hydrogen-bond acceptors (Lipinski definition) is 6. The summed E-state index contributed by atoms with van der Waals surface area (Å²) >= 11 is 0. The summed E-state index contributed by atoms with van der Waals surface area (Å²) in [4.78, 5) is 22.9. The number of fused-ring (bicyclic) bond motifs is 2. The van der Waals surface area contributed by atoms with Crippen LogP contribution in [0.3, 0.4) is 0 Å². The van der Waals surface area contributed by atoms with Crippen molar-refractivity contribution < 1.29 is 18.3 Å². The number of nitrogens with one attached hydrogen (secondary N) is 1. The lowest BCUT2D eigenvalue weighted by Gasteiger charge is -2.43. The Kier molecular flexibility index (Phi) is 6.02. The van der Waals surface area contributed by atoms with E-state index in [1.165, 1.54) is 12.1 Å². The average Bonchev–Trinajstić information content (AvgIpc) is 2.91. The van der Waals surface area contributed by atoms with E-state index in [0.717, 1.165) is 47.7 Å². The largest absolute Gasteiger partial charge is 0.373 e. The molecule has 2 aliphatic heterocycles. The molecular formula is C28H25F2N5O2. The first-order valence-corrected chi connectivity index (χ1v) is 12.2. The molecule has 4 aromatic rings. The van der Waals surface area contributed by atoms with Gasteiger partial charge in [0, 0.05) is 54.5 Å². The van der Waals surface area contributed by atoms with E-state index in [1.54, 1.807) is 24.4 Å². The van der Waals surface area contributed by atoms with Crippen LogP contribution in [0.2, 0.25) is 0 Å². The van der Waals surface area contributed by atoms with Gasteiger partial charge in [-0.25, -0.2) is 13.8 Å². The highest BCUT2D eigenvalue weighted by molar-refractivity contribution is 6.01. The third-order valence-corrected chi connectivity index (χ3v) is 7.03. The van der Waals surface area contributed by atoms with E-state index in [2.05, 4.69) is 20.2 Å². The zero-order valence-electron chi connectivity index (χ0n) is 20.0. The molecule has 0 saturated carbocycles. The fourth-order valence-electron chi connectivity index (χ4n) is 5.31. The van der Waals surface area contributed by atoms with Crippen molar-refractivity contribution in [3.05, 3.63) is 78.1 Å². The Bertz CT molecular complexity index is 1490. The second-order valence-electron chi connectivity index (χ2n) is 9.39. The first-order chi connectivity index (χ1) is 18.0. The molecule has 3 N–H and O–H groups in total. The summed E-state index contributed by atoms with van der Waals surface area (Å²) < 4.78 is 34.6. The van der Waals surface area contributed by atoms with E-state index in [-0.39, 0.29) is 17.8 Å². The number of aromatic nitrogens is 2. The van der Waals surface area contributed by atoms with E-state index in [4.69, 9.17) is 10.5 Å². The Morgan fingerprint density at radius 2 is 1.92 bits per heavy atom. The van der Waals surface area contributed by atoms with Gasteiger partial charge in [-0.1, -0.05) is 12.1 Å². The summed E-state index contributed by atoms with van der Waals surface area (Å²) in [5, 5.41) is 4.34. The lowest BCUT2D eigenvalue weighted by molar-refractivity contribution is -0.00896. The van der Waals surface area contributed by atoms with Gasteiger partial charge < -0.3 is 20.7 Å². The standard InChI is InChI=1S/C28H25F2N5O2/c29-18-10-17(11-19(30)13-18)21-14-33-23-5-4-16(22-2-1-3-25(34-22)28(31)36)12-20(23)27(21)35-8-6-24-26(15-35)37-9-7-32-24/h1-5,10-14,24,26,32H,6-9,15H2,(H2,31,36)/t24-,26-/m1/s1. The summed E-state index contributed by atoms with van der Waals surface area (Å²) in [5.41, 5.74) is 9.57. The van der Waals surface area contributed by atoms with E-state index in [1.807, 2.05) is 18.2 Å². The van der Waals surface area contributed by atoms with Crippen LogP contribution in [-0.4, -0.2) is 54.3 Å². The minimum Gasteiger partial charge on any atom is -0.373 e. The molecule has 1 amide bonds. The second-order valence-corrected chi connectivity index (χ2v) is 9.39. The number of primary amides is 1. The van der Waals surface area contributed by atoms with Crippen LogP contribution in [0.15, 0.2) is 60.8 Å². The zero-order valence-corrected chi connectivity index (χ0v) is 20.0. The molecule has 188 valence electrons. The van der Waals surface area contributed by atoms with Crippen LogP contribution >= 0.6 is 0 Å². The summed E-state index contributed by atoms with van der Waals surface area (Å²) in [7, 11) is 0. The van der Waals surface area contributed by atoms with Crippen molar-refractivity contribution in [3.63, 3.8) is 0 Å². The highest BCUT2D eigenvalue weighted by Gasteiger charge is 2.33. The minimum absolute atomic E-state index is 0.0000849. The Hall–Kier alpha value is -3.95. The van der Waals surface area contributed by atoms with Crippen LogP contribution in [0.5, 0.6) is 0 Å². The van der Waals surface area contributed by atoms with Gasteiger partial charge in [0.25, 0.3) is 5.91 Å². The van der Waals surface area contributed by atoms with Crippen molar-refractivity contribution >= 4 is 22.5 Å². The Morgan fingerprint density at radius 3 is 2.73 bits per heavy atom. The van der Waals surface area contributed by atoms with E-state index < -0.39 is 17.5 Å². The van der Waals surface area contributed by atoms with Crippen molar-refractivity contribution in [1.82, 2.24) is 15.3 Å². The van der Waals surface area contributed by atoms with Gasteiger partial charge in [0.1, 0.15) is 17.3 Å². The maximum atomic E-state index is 14.3. The van der Waals surface area contributed by atoms with Gasteiger partial charge in [-0.2, -0.15) is 0 Å². The number of nitrogens with two attached hydrogens (primary N) is 1. The van der Waals surface area contributed by atoms with Crippen molar-refractivity contribution in [2.75, 3.05) is 31.1 Å². The number of ether oxygens (including phenoxy) is 1. The number of pyridine rings is 2. The average molecular weight is 502 g/mol. The molecule has 2 saturated heterocycles. The molecule has 0 spiro atoms. The first-order valence-electron chi connectivity index (χ1n) is 12.2. The summed E-state index contributed by atoms with van der Waals surface area (Å²) in [6.45, 7) is 2.83. The SMILES string of the molecule is NC(=O)c1cccc(-c2ccc3ncc(-c4cc(F)cc(F)c4)c(N4CC[C@H]5NCCO[C@@H]5C4)c3c2)n1. The molecular weight excluding hydrogens is 476 g/mol. The summed E-state index contributed by atoms with van der Waals surface area (Å²) in [6, 6.07) is 14.6. The van der Waals surface area contributed by atoms with Crippen LogP contribution in [0, 0.1) is 11.6 Å². The highest BCUT2D eigenvalue weighted by atomic mass is 19.1. The van der Waals surface area contributed by atoms with Crippen LogP contribution in [0.25, 0.3) is 33.3 Å². The summed E-state index contributed by atoms with van der Waals surface area (Å²) in [6.07, 6.45) is 2.54. The Morgan fingerprint density at radius 1 is 1.08 bits per heavy atom. The lowest BCUT2D eigenvalue weighted by atomic mass is 9.95. The Balaban J connectivity index is 1.54. The number of morpholine rings is 1. The topological polar surface area (TPSA) is 93.4 Å². The zero-order chi connectivity index (χ0) is 25.5. The molecule has 37 heavy (non-hydrogen) atoms. The number of carbonyl (C=O) groups excluding carboxylic acids is 1. The van der Waals surface area contributed by atoms with Gasteiger partial charge in [-0.05, 0) is 48.4 Å². The van der Waals surface area contributed by atoms with Crippen LogP contribution < -0.4 is 16.0 Å². The van der Waals surface area contributed by atoms with Crippen LogP contribution in [0.4, 0.5) is 14.5 Å². The second kappa shape index (κ2) is 9.49. The van der Waals surface area contributed by atoms with Gasteiger partial charge in [0.05, 0.1) is 29.6 Å². The maximum Gasteiger partial charge on any atom is 0.267 e. The van der Waals surface area contributed by atoms with Gasteiger partial charge in [-0.3, -0.25) is 9.78 Å². The number of piperidine rings is 1. The van der Waals surface area contributed by atoms with E-state index in [0.29, 0.717) is 30.0 Å². The molecule has 0 aliphatic carbocycles. The van der Waals surface area contributed by atoms with Gasteiger partial charge in [0.15, 0.2) is 0 Å². The molecule has 7 nitrogen and oxygen atoms in total. The number of hydrogen-bond donors (Lipinski definition) is 2. The fourth-order valence-corrected chi connectivity index (χ4v) is 5.31. The van der Waals surface area contributed by atoms with Crippen LogP contribution in [0.1, 0.15) is 16.9 Å². The van der Waals surface area contributed by atoms with Crippen molar-refractivity contribution in [2.45, 2.75) is 18.6 Å². The number of benzene rings is 2. The van der Waals surface area contributed by atoms with Gasteiger partial charge in [-0.15, -0.1) is 0 Å².